The molecule has 1 aromatic carbocycles. The van der Waals surface area contributed by atoms with Crippen LogP contribution in [0.1, 0.15) is 12.8 Å². The van der Waals surface area contributed by atoms with Crippen molar-refractivity contribution in [2.45, 2.75) is 18.9 Å². The summed E-state index contributed by atoms with van der Waals surface area (Å²) in [6.45, 7) is 2.19. The number of methoxy groups -OCH3 is 1. The molecule has 2 amide bonds. The first kappa shape index (κ1) is 14.8. The van der Waals surface area contributed by atoms with E-state index in [9.17, 15) is 9.59 Å². The first-order valence-corrected chi connectivity index (χ1v) is 7.63. The number of carbonyl (C=O) groups is 2. The summed E-state index contributed by atoms with van der Waals surface area (Å²) in [5.41, 5.74) is 0.809. The number of anilines is 1. The van der Waals surface area contributed by atoms with E-state index in [0.29, 0.717) is 6.54 Å². The number of hydrogen-bond acceptors (Lipinski definition) is 4. The van der Waals surface area contributed by atoms with Crippen molar-refractivity contribution in [2.24, 2.45) is 5.92 Å². The van der Waals surface area contributed by atoms with Crippen molar-refractivity contribution < 1.29 is 14.3 Å². The Kier molecular flexibility index (Phi) is 4.29. The number of nitrogens with one attached hydrogen (secondary N) is 2. The van der Waals surface area contributed by atoms with Crippen LogP contribution in [0.25, 0.3) is 0 Å². The van der Waals surface area contributed by atoms with Gasteiger partial charge in [0.2, 0.25) is 11.8 Å². The molecule has 0 spiro atoms. The van der Waals surface area contributed by atoms with E-state index in [1.807, 2.05) is 24.3 Å². The predicted octanol–water partition coefficient (Wildman–Crippen LogP) is 0.526. The van der Waals surface area contributed by atoms with Gasteiger partial charge in [0.15, 0.2) is 0 Å². The average molecular weight is 303 g/mol. The van der Waals surface area contributed by atoms with Crippen LogP contribution in [0.15, 0.2) is 24.3 Å². The Morgan fingerprint density at radius 1 is 1.36 bits per heavy atom. The fourth-order valence-corrected chi connectivity index (χ4v) is 2.99. The number of hydrogen-bond donors (Lipinski definition) is 2. The zero-order valence-electron chi connectivity index (χ0n) is 12.7. The molecule has 22 heavy (non-hydrogen) atoms. The Bertz CT molecular complexity index is 552. The molecule has 2 aliphatic heterocycles. The Hall–Kier alpha value is -2.08. The fourth-order valence-electron chi connectivity index (χ4n) is 2.99. The van der Waals surface area contributed by atoms with E-state index < -0.39 is 0 Å². The largest absolute Gasteiger partial charge is 0.497 e. The molecule has 118 valence electrons. The third-order valence-corrected chi connectivity index (χ3v) is 4.29. The number of ether oxygens (including phenoxy) is 1. The Morgan fingerprint density at radius 2 is 2.14 bits per heavy atom. The van der Waals surface area contributed by atoms with Crippen LogP contribution in [-0.4, -0.2) is 44.6 Å². The molecule has 0 radical (unpaired) electrons. The molecular weight excluding hydrogens is 282 g/mol. The SMILES string of the molecule is COc1ccc(N2CC(C(=O)NC3CCNC3)CC2=O)cc1. The van der Waals surface area contributed by atoms with Crippen LogP contribution in [0, 0.1) is 5.92 Å². The van der Waals surface area contributed by atoms with Crippen LogP contribution >= 0.6 is 0 Å². The smallest absolute Gasteiger partial charge is 0.227 e. The van der Waals surface area contributed by atoms with Crippen LogP contribution < -0.4 is 20.3 Å². The normalized spacial score (nSPS) is 24.6. The highest BCUT2D eigenvalue weighted by Crippen LogP contribution is 2.27. The van der Waals surface area contributed by atoms with Crippen LogP contribution in [0.3, 0.4) is 0 Å². The summed E-state index contributed by atoms with van der Waals surface area (Å²) in [5.74, 6) is 0.460. The molecule has 0 bridgehead atoms. The van der Waals surface area contributed by atoms with Gasteiger partial charge in [-0.1, -0.05) is 0 Å². The minimum atomic E-state index is -0.268. The van der Waals surface area contributed by atoms with E-state index in [-0.39, 0.29) is 30.2 Å². The summed E-state index contributed by atoms with van der Waals surface area (Å²) in [4.78, 5) is 26.1. The van der Waals surface area contributed by atoms with Gasteiger partial charge in [0.05, 0.1) is 13.0 Å². The first-order valence-electron chi connectivity index (χ1n) is 7.63. The quantitative estimate of drug-likeness (QED) is 0.851. The molecule has 2 aliphatic rings. The molecule has 6 nitrogen and oxygen atoms in total. The molecule has 2 N–H and O–H groups in total. The molecule has 6 heteroatoms. The summed E-state index contributed by atoms with van der Waals surface area (Å²) >= 11 is 0. The van der Waals surface area contributed by atoms with Crippen molar-refractivity contribution in [1.29, 1.82) is 0 Å². The van der Waals surface area contributed by atoms with E-state index in [4.69, 9.17) is 4.74 Å². The van der Waals surface area contributed by atoms with Crippen molar-refractivity contribution in [3.8, 4) is 5.75 Å². The Labute approximate surface area is 129 Å². The second-order valence-corrected chi connectivity index (χ2v) is 5.80. The molecule has 0 aromatic heterocycles. The Balaban J connectivity index is 1.63. The van der Waals surface area contributed by atoms with Crippen LogP contribution in [-0.2, 0) is 9.59 Å². The van der Waals surface area contributed by atoms with Gasteiger partial charge >= 0.3 is 0 Å². The van der Waals surface area contributed by atoms with Gasteiger partial charge in [-0.05, 0) is 37.2 Å². The van der Waals surface area contributed by atoms with Crippen molar-refractivity contribution >= 4 is 17.5 Å². The molecule has 2 heterocycles. The zero-order valence-corrected chi connectivity index (χ0v) is 12.7. The average Bonchev–Trinajstić information content (AvgIpc) is 3.17. The van der Waals surface area contributed by atoms with Crippen LogP contribution in [0.4, 0.5) is 5.69 Å². The number of rotatable bonds is 4. The van der Waals surface area contributed by atoms with Gasteiger partial charge in [-0.2, -0.15) is 0 Å². The molecule has 2 saturated heterocycles. The van der Waals surface area contributed by atoms with Gasteiger partial charge in [0.25, 0.3) is 0 Å². The second kappa shape index (κ2) is 6.36. The predicted molar refractivity (Wildman–Crippen MR) is 82.9 cm³/mol. The van der Waals surface area contributed by atoms with Gasteiger partial charge in [-0.15, -0.1) is 0 Å². The maximum atomic E-state index is 12.3. The van der Waals surface area contributed by atoms with E-state index in [1.165, 1.54) is 0 Å². The highest BCUT2D eigenvalue weighted by molar-refractivity contribution is 6.00. The van der Waals surface area contributed by atoms with Crippen LogP contribution in [0.2, 0.25) is 0 Å². The van der Waals surface area contributed by atoms with Crippen molar-refractivity contribution in [2.75, 3.05) is 31.6 Å². The van der Waals surface area contributed by atoms with Gasteiger partial charge in [-0.25, -0.2) is 0 Å². The molecule has 2 fully saturated rings. The standard InChI is InChI=1S/C16H21N3O3/c1-22-14-4-2-13(3-5-14)19-10-11(8-15(19)20)16(21)18-12-6-7-17-9-12/h2-5,11-12,17H,6-10H2,1H3,(H,18,21). The number of nitrogens with zero attached hydrogens (tertiary/aromatic N) is 1. The lowest BCUT2D eigenvalue weighted by atomic mass is 10.1. The van der Waals surface area contributed by atoms with E-state index >= 15 is 0 Å². The lowest BCUT2D eigenvalue weighted by molar-refractivity contribution is -0.126. The van der Waals surface area contributed by atoms with E-state index in [2.05, 4.69) is 10.6 Å². The van der Waals surface area contributed by atoms with E-state index in [0.717, 1.165) is 30.9 Å². The van der Waals surface area contributed by atoms with Crippen molar-refractivity contribution in [3.05, 3.63) is 24.3 Å². The van der Waals surface area contributed by atoms with Crippen molar-refractivity contribution in [3.63, 3.8) is 0 Å². The minimum Gasteiger partial charge on any atom is -0.497 e. The Morgan fingerprint density at radius 3 is 2.77 bits per heavy atom. The van der Waals surface area contributed by atoms with Gasteiger partial charge in [0, 0.05) is 31.2 Å². The zero-order chi connectivity index (χ0) is 15.5. The maximum absolute atomic E-state index is 12.3. The molecular formula is C16H21N3O3. The summed E-state index contributed by atoms with van der Waals surface area (Å²) in [6.07, 6.45) is 1.23. The molecule has 0 saturated carbocycles. The molecule has 0 aliphatic carbocycles. The summed E-state index contributed by atoms with van der Waals surface area (Å²) < 4.78 is 5.12. The van der Waals surface area contributed by atoms with Gasteiger partial charge in [0.1, 0.15) is 5.75 Å². The lowest BCUT2D eigenvalue weighted by Crippen LogP contribution is -2.40. The van der Waals surface area contributed by atoms with Crippen LogP contribution in [0.5, 0.6) is 5.75 Å². The highest BCUT2D eigenvalue weighted by atomic mass is 16.5. The molecule has 3 rings (SSSR count). The topological polar surface area (TPSA) is 70.7 Å². The summed E-state index contributed by atoms with van der Waals surface area (Å²) in [7, 11) is 1.61. The third-order valence-electron chi connectivity index (χ3n) is 4.29. The monoisotopic (exact) mass is 303 g/mol. The fraction of sp³-hybridized carbons (Fsp3) is 0.500. The van der Waals surface area contributed by atoms with Gasteiger partial charge < -0.3 is 20.3 Å². The summed E-state index contributed by atoms with van der Waals surface area (Å²) in [6, 6.07) is 7.52. The third kappa shape index (κ3) is 3.06. The number of benzene rings is 1. The van der Waals surface area contributed by atoms with E-state index in [1.54, 1.807) is 12.0 Å². The molecule has 2 unspecified atom stereocenters. The lowest BCUT2D eigenvalue weighted by Gasteiger charge is -2.18. The highest BCUT2D eigenvalue weighted by Gasteiger charge is 2.36. The van der Waals surface area contributed by atoms with Crippen molar-refractivity contribution in [1.82, 2.24) is 10.6 Å². The maximum Gasteiger partial charge on any atom is 0.227 e. The molecule has 1 aromatic rings. The second-order valence-electron chi connectivity index (χ2n) is 5.80. The van der Waals surface area contributed by atoms with Gasteiger partial charge in [-0.3, -0.25) is 9.59 Å². The number of amides is 2. The molecule has 2 atom stereocenters. The first-order chi connectivity index (χ1) is 10.7. The summed E-state index contributed by atoms with van der Waals surface area (Å²) in [5, 5.41) is 6.25. The number of carbonyl (C=O) groups excluding carboxylic acids is 2. The minimum absolute atomic E-state index is 0.00476.